The average molecular weight is 427 g/mol. The van der Waals surface area contributed by atoms with E-state index in [-0.39, 0.29) is 22.2 Å². The number of carbonyl (C=O) groups excluding carboxylic acids is 1. The molecule has 146 valence electrons. The Balaban J connectivity index is 1.46. The molecule has 2 aromatic heterocycles. The Kier molecular flexibility index (Phi) is 5.04. The normalized spacial score (nSPS) is 11.5. The minimum Gasteiger partial charge on any atom is -0.348 e. The molecule has 2 heterocycles. The molecule has 1 N–H and O–H groups in total. The lowest BCUT2D eigenvalue weighted by Crippen LogP contribution is -2.23. The summed E-state index contributed by atoms with van der Waals surface area (Å²) in [4.78, 5) is 20.8. The van der Waals surface area contributed by atoms with Crippen LogP contribution in [0.2, 0.25) is 5.02 Å². The second-order valence-electron chi connectivity index (χ2n) is 6.26. The molecular weight excluding hydrogens is 412 g/mol. The van der Waals surface area contributed by atoms with Gasteiger partial charge in [0.1, 0.15) is 0 Å². The van der Waals surface area contributed by atoms with Gasteiger partial charge in [0.25, 0.3) is 5.91 Å². The third-order valence-electron chi connectivity index (χ3n) is 4.30. The predicted molar refractivity (Wildman–Crippen MR) is 108 cm³/mol. The van der Waals surface area contributed by atoms with Gasteiger partial charge in [0, 0.05) is 36.4 Å². The van der Waals surface area contributed by atoms with Crippen molar-refractivity contribution in [1.29, 1.82) is 0 Å². The van der Waals surface area contributed by atoms with Crippen molar-refractivity contribution in [2.45, 2.75) is 16.3 Å². The molecule has 0 aliphatic rings. The summed E-state index contributed by atoms with van der Waals surface area (Å²) >= 11 is 5.90. The van der Waals surface area contributed by atoms with Gasteiger partial charge in [-0.1, -0.05) is 29.8 Å². The number of nitrogens with one attached hydrogen (secondary N) is 1. The quantitative estimate of drug-likeness (QED) is 0.529. The van der Waals surface area contributed by atoms with E-state index in [1.54, 1.807) is 47.3 Å². The second-order valence-corrected chi connectivity index (χ2v) is 8.65. The van der Waals surface area contributed by atoms with E-state index < -0.39 is 9.84 Å². The number of amides is 1. The highest BCUT2D eigenvalue weighted by Gasteiger charge is 2.17. The van der Waals surface area contributed by atoms with E-state index in [0.29, 0.717) is 16.4 Å². The molecule has 0 saturated carbocycles. The molecule has 1 amide bonds. The van der Waals surface area contributed by atoms with E-state index in [1.165, 1.54) is 30.5 Å². The summed E-state index contributed by atoms with van der Waals surface area (Å²) in [6, 6.07) is 12.5. The summed E-state index contributed by atoms with van der Waals surface area (Å²) < 4.78 is 27.0. The molecule has 4 rings (SSSR count). The lowest BCUT2D eigenvalue weighted by molar-refractivity contribution is 0.0950. The topological polar surface area (TPSA) is 93.4 Å². The van der Waals surface area contributed by atoms with Crippen LogP contribution in [0.25, 0.3) is 5.78 Å². The van der Waals surface area contributed by atoms with Crippen LogP contribution in [0.1, 0.15) is 15.9 Å². The fraction of sp³-hybridized carbons (Fsp3) is 0.0500. The van der Waals surface area contributed by atoms with Crippen LogP contribution in [-0.2, 0) is 16.4 Å². The Hall–Kier alpha value is -3.23. The molecule has 29 heavy (non-hydrogen) atoms. The fourth-order valence-electron chi connectivity index (χ4n) is 2.77. The molecule has 0 aliphatic heterocycles. The first-order valence-corrected chi connectivity index (χ1v) is 10.5. The number of fused-ring (bicyclic) bond motifs is 1. The molecule has 0 bridgehead atoms. The minimum atomic E-state index is -3.66. The van der Waals surface area contributed by atoms with Crippen LogP contribution in [-0.4, -0.2) is 28.7 Å². The van der Waals surface area contributed by atoms with Crippen molar-refractivity contribution in [1.82, 2.24) is 19.7 Å². The molecule has 2 aromatic carbocycles. The zero-order valence-corrected chi connectivity index (χ0v) is 16.6. The summed E-state index contributed by atoms with van der Waals surface area (Å²) in [5.74, 6) is 0.224. The monoisotopic (exact) mass is 426 g/mol. The Bertz CT molecular complexity index is 1300. The van der Waals surface area contributed by atoms with Crippen molar-refractivity contribution in [2.24, 2.45) is 0 Å². The Morgan fingerprint density at radius 2 is 1.86 bits per heavy atom. The maximum absolute atomic E-state index is 12.7. The highest BCUT2D eigenvalue weighted by atomic mass is 35.5. The molecular formula is C20H15ClN4O3S. The molecule has 7 nitrogen and oxygen atoms in total. The van der Waals surface area contributed by atoms with Gasteiger partial charge >= 0.3 is 0 Å². The highest BCUT2D eigenvalue weighted by molar-refractivity contribution is 7.91. The van der Waals surface area contributed by atoms with Gasteiger partial charge in [0.2, 0.25) is 15.6 Å². The lowest BCUT2D eigenvalue weighted by Gasteiger charge is -2.08. The van der Waals surface area contributed by atoms with Gasteiger partial charge in [0.05, 0.1) is 15.4 Å². The molecule has 0 fully saturated rings. The second kappa shape index (κ2) is 7.65. The third-order valence-corrected chi connectivity index (χ3v) is 6.30. The zero-order chi connectivity index (χ0) is 20.4. The van der Waals surface area contributed by atoms with Gasteiger partial charge in [-0.15, -0.1) is 0 Å². The van der Waals surface area contributed by atoms with Gasteiger partial charge in [-0.2, -0.15) is 0 Å². The van der Waals surface area contributed by atoms with Crippen molar-refractivity contribution >= 4 is 33.1 Å². The zero-order valence-electron chi connectivity index (χ0n) is 15.0. The number of nitrogens with zero attached hydrogens (tertiary/aromatic N) is 3. The number of carbonyl (C=O) groups is 1. The summed E-state index contributed by atoms with van der Waals surface area (Å²) in [7, 11) is -3.66. The van der Waals surface area contributed by atoms with Gasteiger partial charge in [0.15, 0.2) is 0 Å². The Morgan fingerprint density at radius 1 is 1.07 bits per heavy atom. The van der Waals surface area contributed by atoms with Crippen molar-refractivity contribution in [3.8, 4) is 0 Å². The van der Waals surface area contributed by atoms with Crippen LogP contribution in [0.5, 0.6) is 0 Å². The van der Waals surface area contributed by atoms with Crippen molar-refractivity contribution in [2.75, 3.05) is 0 Å². The van der Waals surface area contributed by atoms with Gasteiger partial charge in [-0.05, 0) is 35.9 Å². The van der Waals surface area contributed by atoms with Crippen LogP contribution in [0, 0.1) is 0 Å². The summed E-state index contributed by atoms with van der Waals surface area (Å²) in [6.07, 6.45) is 6.41. The number of imidazole rings is 1. The molecule has 0 atom stereocenters. The molecule has 0 spiro atoms. The van der Waals surface area contributed by atoms with E-state index in [2.05, 4.69) is 15.3 Å². The molecule has 0 aliphatic carbocycles. The summed E-state index contributed by atoms with van der Waals surface area (Å²) in [5, 5.41) is 3.15. The maximum Gasteiger partial charge on any atom is 0.254 e. The molecule has 0 unspecified atom stereocenters. The standard InChI is InChI=1S/C20H15ClN4O3S/c21-16-2-1-3-18(10-16)29(27,28)17-6-4-14(5-7-17)11-23-19(26)15-12-24-20-22-8-9-25(20)13-15/h1-10,12-13H,11H2,(H,23,26). The first kappa shape index (κ1) is 19.1. The molecule has 4 aromatic rings. The largest absolute Gasteiger partial charge is 0.348 e. The van der Waals surface area contributed by atoms with E-state index in [0.717, 1.165) is 5.56 Å². The first-order chi connectivity index (χ1) is 13.9. The van der Waals surface area contributed by atoms with Gasteiger partial charge < -0.3 is 5.32 Å². The van der Waals surface area contributed by atoms with Crippen molar-refractivity contribution in [3.63, 3.8) is 0 Å². The van der Waals surface area contributed by atoms with E-state index in [4.69, 9.17) is 11.6 Å². The number of halogens is 1. The molecule has 0 saturated heterocycles. The van der Waals surface area contributed by atoms with Crippen LogP contribution < -0.4 is 5.32 Å². The third kappa shape index (κ3) is 3.98. The Labute approximate surface area is 171 Å². The molecule has 9 heteroatoms. The number of hydrogen-bond acceptors (Lipinski definition) is 5. The summed E-state index contributed by atoms with van der Waals surface area (Å²) in [6.45, 7) is 0.248. The maximum atomic E-state index is 12.7. The van der Waals surface area contributed by atoms with Crippen LogP contribution in [0.3, 0.4) is 0 Å². The number of benzene rings is 2. The van der Waals surface area contributed by atoms with Crippen LogP contribution in [0.4, 0.5) is 0 Å². The SMILES string of the molecule is O=C(NCc1ccc(S(=O)(=O)c2cccc(Cl)c2)cc1)c1cnc2nccn2c1. The number of rotatable bonds is 5. The van der Waals surface area contributed by atoms with Crippen molar-refractivity contribution < 1.29 is 13.2 Å². The van der Waals surface area contributed by atoms with E-state index in [1.807, 2.05) is 0 Å². The van der Waals surface area contributed by atoms with Gasteiger partial charge in [-0.3, -0.25) is 9.20 Å². The van der Waals surface area contributed by atoms with Crippen LogP contribution in [0.15, 0.2) is 83.1 Å². The van der Waals surface area contributed by atoms with E-state index >= 15 is 0 Å². The highest BCUT2D eigenvalue weighted by Crippen LogP contribution is 2.23. The van der Waals surface area contributed by atoms with E-state index in [9.17, 15) is 13.2 Å². The lowest BCUT2D eigenvalue weighted by atomic mass is 10.2. The minimum absolute atomic E-state index is 0.133. The number of sulfone groups is 1. The smallest absolute Gasteiger partial charge is 0.254 e. The number of hydrogen-bond donors (Lipinski definition) is 1. The van der Waals surface area contributed by atoms with Crippen molar-refractivity contribution in [3.05, 3.63) is 89.5 Å². The Morgan fingerprint density at radius 3 is 2.62 bits per heavy atom. The number of aromatic nitrogens is 3. The first-order valence-electron chi connectivity index (χ1n) is 8.60. The predicted octanol–water partition coefficient (Wildman–Crippen LogP) is 3.15. The summed E-state index contributed by atoms with van der Waals surface area (Å²) in [5.41, 5.74) is 1.16. The fourth-order valence-corrected chi connectivity index (χ4v) is 4.34. The average Bonchev–Trinajstić information content (AvgIpc) is 3.20. The molecule has 0 radical (unpaired) electrons. The van der Waals surface area contributed by atoms with Crippen LogP contribution >= 0.6 is 11.6 Å². The van der Waals surface area contributed by atoms with Gasteiger partial charge in [-0.25, -0.2) is 18.4 Å².